The Morgan fingerprint density at radius 3 is 2.58 bits per heavy atom. The number of halogens is 3. The highest BCUT2D eigenvalue weighted by molar-refractivity contribution is 5.33. The first-order valence-electron chi connectivity index (χ1n) is 8.53. The molecular weight excluding hydrogens is 319 g/mol. The molecule has 0 bridgehead atoms. The minimum atomic E-state index is -4.43. The summed E-state index contributed by atoms with van der Waals surface area (Å²) in [5, 5.41) is 3.42. The number of aryl methyl sites for hydroxylation is 1. The Labute approximate surface area is 140 Å². The Bertz CT molecular complexity index is 549. The minimum absolute atomic E-state index is 0.196. The van der Waals surface area contributed by atoms with Crippen molar-refractivity contribution in [1.82, 2.24) is 20.2 Å². The van der Waals surface area contributed by atoms with Crippen LogP contribution in [0.2, 0.25) is 0 Å². The average molecular weight is 343 g/mol. The van der Waals surface area contributed by atoms with Gasteiger partial charge in [-0.3, -0.25) is 4.90 Å². The third-order valence-corrected chi connectivity index (χ3v) is 4.70. The van der Waals surface area contributed by atoms with Crippen molar-refractivity contribution in [2.45, 2.75) is 25.9 Å². The van der Waals surface area contributed by atoms with Gasteiger partial charge in [0, 0.05) is 38.4 Å². The van der Waals surface area contributed by atoms with Gasteiger partial charge in [-0.2, -0.15) is 13.2 Å². The van der Waals surface area contributed by atoms with E-state index in [-0.39, 0.29) is 5.95 Å². The van der Waals surface area contributed by atoms with Crippen LogP contribution in [0.25, 0.3) is 0 Å². The summed E-state index contributed by atoms with van der Waals surface area (Å²) >= 11 is 0. The number of rotatable bonds is 3. The summed E-state index contributed by atoms with van der Waals surface area (Å²) in [5.74, 6) is 0.874. The van der Waals surface area contributed by atoms with Crippen LogP contribution in [-0.4, -0.2) is 60.7 Å². The van der Waals surface area contributed by atoms with Crippen LogP contribution in [-0.2, 0) is 6.18 Å². The third-order valence-electron chi connectivity index (χ3n) is 4.70. The van der Waals surface area contributed by atoms with Crippen molar-refractivity contribution in [3.8, 4) is 0 Å². The SMILES string of the molecule is Cc1cc(C(F)(F)F)nc(N2CCN(C[C@@H]3CCCNC3)CC2)n1. The Kier molecular flexibility index (Phi) is 5.24. The molecule has 0 aliphatic carbocycles. The average Bonchev–Trinajstić information content (AvgIpc) is 2.55. The van der Waals surface area contributed by atoms with Gasteiger partial charge in [-0.25, -0.2) is 9.97 Å². The summed E-state index contributed by atoms with van der Waals surface area (Å²) in [6.45, 7) is 7.83. The number of anilines is 1. The molecule has 0 saturated carbocycles. The molecule has 0 spiro atoms. The van der Waals surface area contributed by atoms with Crippen molar-refractivity contribution in [1.29, 1.82) is 0 Å². The van der Waals surface area contributed by atoms with Crippen LogP contribution in [0.1, 0.15) is 24.2 Å². The second-order valence-electron chi connectivity index (χ2n) is 6.69. The van der Waals surface area contributed by atoms with E-state index in [2.05, 4.69) is 20.2 Å². The lowest BCUT2D eigenvalue weighted by molar-refractivity contribution is -0.141. The fourth-order valence-corrected chi connectivity index (χ4v) is 3.41. The van der Waals surface area contributed by atoms with Gasteiger partial charge in [0.05, 0.1) is 0 Å². The van der Waals surface area contributed by atoms with Crippen LogP contribution < -0.4 is 10.2 Å². The molecule has 1 aromatic heterocycles. The summed E-state index contributed by atoms with van der Waals surface area (Å²) in [4.78, 5) is 12.2. The summed E-state index contributed by atoms with van der Waals surface area (Å²) < 4.78 is 38.7. The molecule has 134 valence electrons. The standard InChI is InChI=1S/C16H24F3N5/c1-12-9-14(16(17,18)19)22-15(21-12)24-7-5-23(6-8-24)11-13-3-2-4-20-10-13/h9,13,20H,2-8,10-11H2,1H3/t13-/m1/s1. The Morgan fingerprint density at radius 2 is 1.96 bits per heavy atom. The lowest BCUT2D eigenvalue weighted by atomic mass is 9.99. The number of nitrogens with one attached hydrogen (secondary N) is 1. The number of aromatic nitrogens is 2. The summed E-state index contributed by atoms with van der Waals surface area (Å²) in [6, 6.07) is 0.996. The zero-order valence-corrected chi connectivity index (χ0v) is 13.9. The maximum atomic E-state index is 12.9. The number of hydrogen-bond donors (Lipinski definition) is 1. The van der Waals surface area contributed by atoms with Crippen molar-refractivity contribution in [3.63, 3.8) is 0 Å². The van der Waals surface area contributed by atoms with Crippen LogP contribution in [0.5, 0.6) is 0 Å². The van der Waals surface area contributed by atoms with Crippen molar-refractivity contribution in [2.24, 2.45) is 5.92 Å². The molecule has 1 atom stereocenters. The summed E-state index contributed by atoms with van der Waals surface area (Å²) in [5.41, 5.74) is -0.510. The van der Waals surface area contributed by atoms with E-state index >= 15 is 0 Å². The highest BCUT2D eigenvalue weighted by atomic mass is 19.4. The number of nitrogens with zero attached hydrogens (tertiary/aromatic N) is 4. The number of alkyl halides is 3. The summed E-state index contributed by atoms with van der Waals surface area (Å²) in [7, 11) is 0. The second kappa shape index (κ2) is 7.23. The minimum Gasteiger partial charge on any atom is -0.338 e. The van der Waals surface area contributed by atoms with Crippen LogP contribution in [0.15, 0.2) is 6.07 Å². The van der Waals surface area contributed by atoms with E-state index in [9.17, 15) is 13.2 Å². The first kappa shape index (κ1) is 17.4. The fourth-order valence-electron chi connectivity index (χ4n) is 3.41. The molecule has 8 heteroatoms. The topological polar surface area (TPSA) is 44.3 Å². The van der Waals surface area contributed by atoms with Gasteiger partial charge in [0.15, 0.2) is 0 Å². The van der Waals surface area contributed by atoms with Crippen LogP contribution in [0.4, 0.5) is 19.1 Å². The van der Waals surface area contributed by atoms with E-state index in [1.54, 1.807) is 6.92 Å². The molecule has 0 radical (unpaired) electrons. The van der Waals surface area contributed by atoms with Crippen molar-refractivity contribution >= 4 is 5.95 Å². The molecule has 2 fully saturated rings. The molecule has 2 aliphatic rings. The van der Waals surface area contributed by atoms with Gasteiger partial charge in [0.25, 0.3) is 0 Å². The molecule has 0 unspecified atom stereocenters. The van der Waals surface area contributed by atoms with Crippen LogP contribution in [0, 0.1) is 12.8 Å². The normalized spacial score (nSPS) is 23.5. The first-order chi connectivity index (χ1) is 11.4. The maximum Gasteiger partial charge on any atom is 0.433 e. The summed E-state index contributed by atoms with van der Waals surface area (Å²) in [6.07, 6.45) is -1.95. The fraction of sp³-hybridized carbons (Fsp3) is 0.750. The van der Waals surface area contributed by atoms with Crippen molar-refractivity contribution < 1.29 is 13.2 Å². The Morgan fingerprint density at radius 1 is 1.21 bits per heavy atom. The van der Waals surface area contributed by atoms with E-state index in [1.807, 2.05) is 4.90 Å². The highest BCUT2D eigenvalue weighted by Crippen LogP contribution is 2.29. The quantitative estimate of drug-likeness (QED) is 0.909. The zero-order valence-electron chi connectivity index (χ0n) is 13.9. The van der Waals surface area contributed by atoms with E-state index in [0.717, 1.165) is 38.8 Å². The molecule has 0 amide bonds. The molecule has 2 aliphatic heterocycles. The molecular formula is C16H24F3N5. The number of piperazine rings is 1. The van der Waals surface area contributed by atoms with Gasteiger partial charge >= 0.3 is 6.18 Å². The van der Waals surface area contributed by atoms with Gasteiger partial charge in [-0.05, 0) is 44.8 Å². The molecule has 3 heterocycles. The third kappa shape index (κ3) is 4.36. The molecule has 0 aromatic carbocycles. The second-order valence-corrected chi connectivity index (χ2v) is 6.69. The Balaban J connectivity index is 1.59. The molecule has 5 nitrogen and oxygen atoms in total. The number of hydrogen-bond acceptors (Lipinski definition) is 5. The van der Waals surface area contributed by atoms with Gasteiger partial charge in [0.2, 0.25) is 5.95 Å². The molecule has 24 heavy (non-hydrogen) atoms. The highest BCUT2D eigenvalue weighted by Gasteiger charge is 2.34. The van der Waals surface area contributed by atoms with Gasteiger partial charge in [-0.15, -0.1) is 0 Å². The van der Waals surface area contributed by atoms with Crippen molar-refractivity contribution in [2.75, 3.05) is 50.7 Å². The smallest absolute Gasteiger partial charge is 0.338 e. The zero-order chi connectivity index (χ0) is 17.2. The van der Waals surface area contributed by atoms with Crippen molar-refractivity contribution in [3.05, 3.63) is 17.5 Å². The van der Waals surface area contributed by atoms with Crippen LogP contribution in [0.3, 0.4) is 0 Å². The Hall–Kier alpha value is -1.41. The van der Waals surface area contributed by atoms with Crippen LogP contribution >= 0.6 is 0 Å². The monoisotopic (exact) mass is 343 g/mol. The van der Waals surface area contributed by atoms with E-state index in [1.165, 1.54) is 12.8 Å². The predicted molar refractivity (Wildman–Crippen MR) is 86.0 cm³/mol. The number of piperidine rings is 1. The maximum absolute atomic E-state index is 12.9. The van der Waals surface area contributed by atoms with Gasteiger partial charge in [-0.1, -0.05) is 0 Å². The van der Waals surface area contributed by atoms with E-state index in [4.69, 9.17) is 0 Å². The first-order valence-corrected chi connectivity index (χ1v) is 8.53. The van der Waals surface area contributed by atoms with Gasteiger partial charge in [0.1, 0.15) is 5.69 Å². The van der Waals surface area contributed by atoms with E-state index < -0.39 is 11.9 Å². The molecule has 1 aromatic rings. The molecule has 2 saturated heterocycles. The molecule has 1 N–H and O–H groups in total. The lowest BCUT2D eigenvalue weighted by Gasteiger charge is -2.37. The van der Waals surface area contributed by atoms with E-state index in [0.29, 0.717) is 24.7 Å². The molecule has 3 rings (SSSR count). The largest absolute Gasteiger partial charge is 0.433 e. The lowest BCUT2D eigenvalue weighted by Crippen LogP contribution is -2.49. The van der Waals surface area contributed by atoms with Gasteiger partial charge < -0.3 is 10.2 Å². The predicted octanol–water partition coefficient (Wildman–Crippen LogP) is 1.93.